The molecule has 2 N–H and O–H groups in total. The number of urea groups is 1. The van der Waals surface area contributed by atoms with Crippen molar-refractivity contribution in [2.45, 2.75) is 19.9 Å². The van der Waals surface area contributed by atoms with E-state index in [9.17, 15) is 9.18 Å². The zero-order chi connectivity index (χ0) is 16.4. The molecule has 122 valence electrons. The van der Waals surface area contributed by atoms with Crippen LogP contribution in [0.2, 0.25) is 0 Å². The van der Waals surface area contributed by atoms with Gasteiger partial charge in [0, 0.05) is 23.5 Å². The van der Waals surface area contributed by atoms with Crippen molar-refractivity contribution in [3.63, 3.8) is 0 Å². The van der Waals surface area contributed by atoms with Crippen LogP contribution in [-0.2, 0) is 4.74 Å². The largest absolute Gasteiger partial charge is 0.377 e. The van der Waals surface area contributed by atoms with Gasteiger partial charge in [-0.1, -0.05) is 6.07 Å². The Labute approximate surface area is 133 Å². The minimum Gasteiger partial charge on any atom is -0.377 e. The Bertz CT molecular complexity index is 696. The van der Waals surface area contributed by atoms with Crippen molar-refractivity contribution < 1.29 is 13.9 Å². The molecule has 1 aliphatic rings. The number of nitrogens with one attached hydrogen (secondary N) is 2. The Balaban J connectivity index is 1.82. The summed E-state index contributed by atoms with van der Waals surface area (Å²) in [5.41, 5.74) is 3.17. The van der Waals surface area contributed by atoms with Gasteiger partial charge in [-0.05, 0) is 32.0 Å². The van der Waals surface area contributed by atoms with Crippen LogP contribution >= 0.6 is 0 Å². The van der Waals surface area contributed by atoms with Gasteiger partial charge in [0.15, 0.2) is 0 Å². The normalized spacial score (nSPS) is 18.0. The average Bonchev–Trinajstić information content (AvgIpc) is 2.86. The Morgan fingerprint density at radius 2 is 2.30 bits per heavy atom. The van der Waals surface area contributed by atoms with E-state index in [4.69, 9.17) is 4.74 Å². The van der Waals surface area contributed by atoms with E-state index in [1.165, 1.54) is 12.1 Å². The van der Waals surface area contributed by atoms with Gasteiger partial charge in [-0.15, -0.1) is 0 Å². The number of halogens is 1. The highest BCUT2D eigenvalue weighted by molar-refractivity contribution is 5.89. The Morgan fingerprint density at radius 3 is 3.00 bits per heavy atom. The summed E-state index contributed by atoms with van der Waals surface area (Å²) in [6, 6.07) is 5.37. The summed E-state index contributed by atoms with van der Waals surface area (Å²) in [6.45, 7) is 5.18. The van der Waals surface area contributed by atoms with Crippen LogP contribution in [0.5, 0.6) is 0 Å². The highest BCUT2D eigenvalue weighted by Gasteiger charge is 2.32. The number of aromatic amines is 1. The van der Waals surface area contributed by atoms with Crippen molar-refractivity contribution in [2.75, 3.05) is 25.1 Å². The first-order valence-corrected chi connectivity index (χ1v) is 7.48. The molecule has 0 saturated carbocycles. The van der Waals surface area contributed by atoms with Gasteiger partial charge in [0.2, 0.25) is 0 Å². The molecule has 1 aromatic carbocycles. The van der Waals surface area contributed by atoms with Gasteiger partial charge in [-0.25, -0.2) is 9.18 Å². The zero-order valence-electron chi connectivity index (χ0n) is 13.1. The third kappa shape index (κ3) is 3.19. The Kier molecular flexibility index (Phi) is 4.29. The number of H-pyrrole nitrogens is 1. The molecule has 0 aliphatic carbocycles. The third-order valence-electron chi connectivity index (χ3n) is 3.98. The summed E-state index contributed by atoms with van der Waals surface area (Å²) >= 11 is 0. The van der Waals surface area contributed by atoms with Gasteiger partial charge < -0.3 is 15.0 Å². The number of carbonyl (C=O) groups is 1. The number of rotatable bonds is 2. The van der Waals surface area contributed by atoms with Gasteiger partial charge in [0.05, 0.1) is 24.9 Å². The van der Waals surface area contributed by atoms with Crippen molar-refractivity contribution in [3.05, 3.63) is 47.0 Å². The number of benzene rings is 1. The molecule has 1 saturated heterocycles. The van der Waals surface area contributed by atoms with Crippen molar-refractivity contribution >= 4 is 11.7 Å². The molecule has 3 rings (SSSR count). The molecule has 2 heterocycles. The molecular weight excluding hydrogens is 299 g/mol. The number of nitrogens with zero attached hydrogens (tertiary/aromatic N) is 2. The highest BCUT2D eigenvalue weighted by atomic mass is 19.1. The molecule has 0 spiro atoms. The van der Waals surface area contributed by atoms with Crippen LogP contribution in [-0.4, -0.2) is 40.9 Å². The van der Waals surface area contributed by atoms with Crippen LogP contribution in [0, 0.1) is 19.7 Å². The summed E-state index contributed by atoms with van der Waals surface area (Å²) in [6.07, 6.45) is 0. The monoisotopic (exact) mass is 318 g/mol. The van der Waals surface area contributed by atoms with Crippen LogP contribution < -0.4 is 5.32 Å². The molecule has 0 bridgehead atoms. The van der Waals surface area contributed by atoms with Gasteiger partial charge in [-0.2, -0.15) is 5.10 Å². The van der Waals surface area contributed by atoms with E-state index in [0.717, 1.165) is 17.0 Å². The number of hydrogen-bond donors (Lipinski definition) is 2. The van der Waals surface area contributed by atoms with Gasteiger partial charge in [0.1, 0.15) is 5.82 Å². The topological polar surface area (TPSA) is 70.2 Å². The molecule has 0 radical (unpaired) electrons. The van der Waals surface area contributed by atoms with Crippen molar-refractivity contribution in [2.24, 2.45) is 0 Å². The number of ether oxygens (including phenoxy) is 1. The maximum atomic E-state index is 13.3. The highest BCUT2D eigenvalue weighted by Crippen LogP contribution is 2.28. The fraction of sp³-hybridized carbons (Fsp3) is 0.375. The maximum Gasteiger partial charge on any atom is 0.322 e. The molecule has 7 heteroatoms. The molecule has 23 heavy (non-hydrogen) atoms. The van der Waals surface area contributed by atoms with Gasteiger partial charge in [0.25, 0.3) is 0 Å². The zero-order valence-corrected chi connectivity index (χ0v) is 13.1. The number of amides is 2. The minimum atomic E-state index is -0.386. The van der Waals surface area contributed by atoms with E-state index < -0.39 is 0 Å². The number of carbonyl (C=O) groups excluding carboxylic acids is 1. The van der Waals surface area contributed by atoms with Crippen molar-refractivity contribution in [1.29, 1.82) is 0 Å². The summed E-state index contributed by atoms with van der Waals surface area (Å²) in [5, 5.41) is 9.87. The fourth-order valence-electron chi connectivity index (χ4n) is 2.90. The van der Waals surface area contributed by atoms with Gasteiger partial charge in [-0.3, -0.25) is 5.10 Å². The molecule has 6 nitrogen and oxygen atoms in total. The predicted octanol–water partition coefficient (Wildman–Crippen LogP) is 2.77. The lowest BCUT2D eigenvalue weighted by atomic mass is 10.0. The molecule has 0 unspecified atom stereocenters. The second-order valence-corrected chi connectivity index (χ2v) is 5.57. The Morgan fingerprint density at radius 1 is 1.48 bits per heavy atom. The summed E-state index contributed by atoms with van der Waals surface area (Å²) in [4.78, 5) is 14.3. The number of aromatic nitrogens is 2. The van der Waals surface area contributed by atoms with E-state index in [-0.39, 0.29) is 17.9 Å². The molecular formula is C16H19FN4O2. The van der Waals surface area contributed by atoms with E-state index in [2.05, 4.69) is 15.5 Å². The SMILES string of the molecule is Cc1n[nH]c(C)c1[C@H]1COCCN1C(=O)Nc1cccc(F)c1. The van der Waals surface area contributed by atoms with E-state index in [1.54, 1.807) is 17.0 Å². The lowest BCUT2D eigenvalue weighted by Gasteiger charge is -2.35. The second-order valence-electron chi connectivity index (χ2n) is 5.57. The minimum absolute atomic E-state index is 0.212. The summed E-state index contributed by atoms with van der Waals surface area (Å²) < 4.78 is 18.8. The van der Waals surface area contributed by atoms with E-state index in [1.807, 2.05) is 13.8 Å². The van der Waals surface area contributed by atoms with Crippen LogP contribution in [0.3, 0.4) is 0 Å². The van der Waals surface area contributed by atoms with Crippen LogP contribution in [0.25, 0.3) is 0 Å². The fourth-order valence-corrected chi connectivity index (χ4v) is 2.90. The Hall–Kier alpha value is -2.41. The molecule has 1 atom stereocenters. The molecule has 1 aliphatic heterocycles. The number of hydrogen-bond acceptors (Lipinski definition) is 3. The van der Waals surface area contributed by atoms with Crippen molar-refractivity contribution in [1.82, 2.24) is 15.1 Å². The first-order chi connectivity index (χ1) is 11.1. The third-order valence-corrected chi connectivity index (χ3v) is 3.98. The summed E-state index contributed by atoms with van der Waals surface area (Å²) in [7, 11) is 0. The smallest absolute Gasteiger partial charge is 0.322 e. The molecule has 1 aromatic heterocycles. The average molecular weight is 318 g/mol. The van der Waals surface area contributed by atoms with Crippen LogP contribution in [0.4, 0.5) is 14.9 Å². The molecule has 1 fully saturated rings. The van der Waals surface area contributed by atoms with Gasteiger partial charge >= 0.3 is 6.03 Å². The summed E-state index contributed by atoms with van der Waals surface area (Å²) in [5.74, 6) is -0.386. The molecule has 2 aromatic rings. The van der Waals surface area contributed by atoms with Crippen LogP contribution in [0.1, 0.15) is 23.0 Å². The maximum absolute atomic E-state index is 13.3. The first-order valence-electron chi connectivity index (χ1n) is 7.48. The number of morpholine rings is 1. The predicted molar refractivity (Wildman–Crippen MR) is 83.7 cm³/mol. The van der Waals surface area contributed by atoms with Crippen LogP contribution in [0.15, 0.2) is 24.3 Å². The van der Waals surface area contributed by atoms with E-state index >= 15 is 0 Å². The number of aryl methyl sites for hydroxylation is 2. The first kappa shape index (κ1) is 15.5. The lowest BCUT2D eigenvalue weighted by molar-refractivity contribution is 0.0143. The second kappa shape index (κ2) is 6.37. The number of anilines is 1. The quantitative estimate of drug-likeness (QED) is 0.894. The molecule has 2 amide bonds. The van der Waals surface area contributed by atoms with Crippen molar-refractivity contribution in [3.8, 4) is 0 Å². The lowest BCUT2D eigenvalue weighted by Crippen LogP contribution is -2.45. The van der Waals surface area contributed by atoms with E-state index in [0.29, 0.717) is 25.4 Å². The standard InChI is InChI=1S/C16H19FN4O2/c1-10-15(11(2)20-19-10)14-9-23-7-6-21(14)16(22)18-13-5-3-4-12(17)8-13/h3-5,8,14H,6-7,9H2,1-2H3,(H,18,22)(H,19,20)/t14-/m1/s1.